The van der Waals surface area contributed by atoms with Crippen molar-refractivity contribution < 1.29 is 9.90 Å². The molecule has 0 aliphatic rings. The molecule has 112 valence electrons. The van der Waals surface area contributed by atoms with Crippen LogP contribution < -0.4 is 16.0 Å². The number of hydrogen-bond donors (Lipinski definition) is 4. The summed E-state index contributed by atoms with van der Waals surface area (Å²) in [5.41, 5.74) is 1.32. The van der Waals surface area contributed by atoms with Crippen LogP contribution in [0.15, 0.2) is 42.6 Å². The largest absolute Gasteiger partial charge is 0.508 e. The van der Waals surface area contributed by atoms with Crippen molar-refractivity contribution in [2.45, 2.75) is 0 Å². The SMILES string of the molecule is CNC(=O)Nc1cn2nc(Nc3cccc(O)c3)ccc2n1. The minimum Gasteiger partial charge on any atom is -0.508 e. The maximum atomic E-state index is 11.3. The summed E-state index contributed by atoms with van der Waals surface area (Å²) >= 11 is 0. The van der Waals surface area contributed by atoms with Crippen molar-refractivity contribution in [1.82, 2.24) is 19.9 Å². The van der Waals surface area contributed by atoms with Gasteiger partial charge in [0.15, 0.2) is 17.3 Å². The molecule has 3 rings (SSSR count). The number of urea groups is 1. The molecule has 2 aromatic heterocycles. The Morgan fingerprint density at radius 1 is 1.23 bits per heavy atom. The van der Waals surface area contributed by atoms with E-state index in [1.54, 1.807) is 41.0 Å². The Bertz CT molecular complexity index is 829. The molecule has 0 aliphatic heterocycles. The number of nitrogens with one attached hydrogen (secondary N) is 3. The van der Waals surface area contributed by atoms with Crippen LogP contribution in [0.4, 0.5) is 22.1 Å². The highest BCUT2D eigenvalue weighted by molar-refractivity contribution is 5.88. The summed E-state index contributed by atoms with van der Waals surface area (Å²) in [5.74, 6) is 1.16. The van der Waals surface area contributed by atoms with Crippen LogP contribution in [0, 0.1) is 0 Å². The molecular weight excluding hydrogens is 284 g/mol. The van der Waals surface area contributed by atoms with Gasteiger partial charge in [-0.15, -0.1) is 5.10 Å². The monoisotopic (exact) mass is 298 g/mol. The van der Waals surface area contributed by atoms with E-state index < -0.39 is 0 Å². The number of aromatic nitrogens is 3. The van der Waals surface area contributed by atoms with Crippen LogP contribution in [0.5, 0.6) is 5.75 Å². The van der Waals surface area contributed by atoms with Gasteiger partial charge in [0.2, 0.25) is 0 Å². The number of amides is 2. The zero-order valence-electron chi connectivity index (χ0n) is 11.7. The van der Waals surface area contributed by atoms with Crippen LogP contribution in [-0.2, 0) is 0 Å². The van der Waals surface area contributed by atoms with Crippen molar-refractivity contribution in [2.24, 2.45) is 0 Å². The normalized spacial score (nSPS) is 10.4. The van der Waals surface area contributed by atoms with Gasteiger partial charge in [-0.1, -0.05) is 6.07 Å². The van der Waals surface area contributed by atoms with E-state index in [0.29, 0.717) is 17.3 Å². The summed E-state index contributed by atoms with van der Waals surface area (Å²) < 4.78 is 1.55. The summed E-state index contributed by atoms with van der Waals surface area (Å²) in [5, 5.41) is 21.9. The third kappa shape index (κ3) is 2.90. The van der Waals surface area contributed by atoms with E-state index in [4.69, 9.17) is 0 Å². The third-order valence-electron chi connectivity index (χ3n) is 2.91. The molecule has 4 N–H and O–H groups in total. The Kier molecular flexibility index (Phi) is 3.48. The molecular formula is C14H14N6O2. The molecule has 22 heavy (non-hydrogen) atoms. The van der Waals surface area contributed by atoms with Gasteiger partial charge in [0.05, 0.1) is 6.20 Å². The number of anilines is 3. The third-order valence-corrected chi connectivity index (χ3v) is 2.91. The average Bonchev–Trinajstić information content (AvgIpc) is 2.88. The number of phenols is 1. The number of nitrogens with zero attached hydrogens (tertiary/aromatic N) is 3. The Hall–Kier alpha value is -3.29. The second-order valence-corrected chi connectivity index (χ2v) is 4.53. The van der Waals surface area contributed by atoms with Gasteiger partial charge in [0.1, 0.15) is 5.75 Å². The van der Waals surface area contributed by atoms with E-state index in [2.05, 4.69) is 26.0 Å². The number of carbonyl (C=O) groups excluding carboxylic acids is 1. The lowest BCUT2D eigenvalue weighted by atomic mass is 10.3. The van der Waals surface area contributed by atoms with Crippen LogP contribution >= 0.6 is 0 Å². The van der Waals surface area contributed by atoms with Gasteiger partial charge in [-0.2, -0.15) is 0 Å². The van der Waals surface area contributed by atoms with Crippen molar-refractivity contribution in [3.63, 3.8) is 0 Å². The lowest BCUT2D eigenvalue weighted by Crippen LogP contribution is -2.24. The van der Waals surface area contributed by atoms with Crippen LogP contribution in [0.2, 0.25) is 0 Å². The quantitative estimate of drug-likeness (QED) is 0.591. The van der Waals surface area contributed by atoms with Crippen molar-refractivity contribution in [3.8, 4) is 5.75 Å². The molecule has 1 aromatic carbocycles. The van der Waals surface area contributed by atoms with Gasteiger partial charge < -0.3 is 15.7 Å². The lowest BCUT2D eigenvalue weighted by Gasteiger charge is -2.05. The van der Waals surface area contributed by atoms with Gasteiger partial charge >= 0.3 is 6.03 Å². The molecule has 8 heteroatoms. The van der Waals surface area contributed by atoms with Crippen LogP contribution in [0.1, 0.15) is 0 Å². The summed E-state index contributed by atoms with van der Waals surface area (Å²) in [6.45, 7) is 0. The Morgan fingerprint density at radius 3 is 2.86 bits per heavy atom. The second kappa shape index (κ2) is 5.60. The molecule has 0 bridgehead atoms. The molecule has 2 amide bonds. The molecule has 0 radical (unpaired) electrons. The van der Waals surface area contributed by atoms with Gasteiger partial charge in [-0.25, -0.2) is 14.3 Å². The number of imidazole rings is 1. The molecule has 3 aromatic rings. The fourth-order valence-corrected chi connectivity index (χ4v) is 1.92. The van der Waals surface area contributed by atoms with E-state index in [-0.39, 0.29) is 11.8 Å². The minimum atomic E-state index is -0.346. The molecule has 0 spiro atoms. The smallest absolute Gasteiger partial charge is 0.320 e. The maximum absolute atomic E-state index is 11.3. The summed E-state index contributed by atoms with van der Waals surface area (Å²) in [6, 6.07) is 9.92. The van der Waals surface area contributed by atoms with Gasteiger partial charge in [-0.3, -0.25) is 5.32 Å². The molecule has 0 aliphatic carbocycles. The molecule has 8 nitrogen and oxygen atoms in total. The van der Waals surface area contributed by atoms with E-state index >= 15 is 0 Å². The lowest BCUT2D eigenvalue weighted by molar-refractivity contribution is 0.254. The summed E-state index contributed by atoms with van der Waals surface area (Å²) in [4.78, 5) is 15.5. The number of rotatable bonds is 3. The number of hydrogen-bond acceptors (Lipinski definition) is 5. The molecule has 0 atom stereocenters. The summed E-state index contributed by atoms with van der Waals surface area (Å²) in [7, 11) is 1.53. The molecule has 0 saturated heterocycles. The van der Waals surface area contributed by atoms with E-state index in [9.17, 15) is 9.90 Å². The van der Waals surface area contributed by atoms with Crippen LogP contribution in [0.25, 0.3) is 5.65 Å². The van der Waals surface area contributed by atoms with E-state index in [0.717, 1.165) is 5.69 Å². The molecule has 0 unspecified atom stereocenters. The maximum Gasteiger partial charge on any atom is 0.320 e. The van der Waals surface area contributed by atoms with Crippen LogP contribution in [0.3, 0.4) is 0 Å². The first-order valence-corrected chi connectivity index (χ1v) is 6.55. The van der Waals surface area contributed by atoms with Gasteiger partial charge in [0.25, 0.3) is 0 Å². The molecule has 0 saturated carbocycles. The Balaban J connectivity index is 1.84. The minimum absolute atomic E-state index is 0.172. The zero-order chi connectivity index (χ0) is 15.5. The number of fused-ring (bicyclic) bond motifs is 1. The number of benzene rings is 1. The number of carbonyl (C=O) groups is 1. The number of aromatic hydroxyl groups is 1. The van der Waals surface area contributed by atoms with Gasteiger partial charge in [-0.05, 0) is 24.3 Å². The predicted octanol–water partition coefficient (Wildman–Crippen LogP) is 1.93. The van der Waals surface area contributed by atoms with Gasteiger partial charge in [0, 0.05) is 18.8 Å². The predicted molar refractivity (Wildman–Crippen MR) is 82.5 cm³/mol. The first kappa shape index (κ1) is 13.7. The number of phenolic OH excluding ortho intramolecular Hbond substituents is 1. The van der Waals surface area contributed by atoms with Crippen molar-refractivity contribution in [2.75, 3.05) is 17.7 Å². The zero-order valence-corrected chi connectivity index (χ0v) is 11.7. The topological polar surface area (TPSA) is 104 Å². The highest BCUT2D eigenvalue weighted by atomic mass is 16.3. The fraction of sp³-hybridized carbons (Fsp3) is 0.0714. The average molecular weight is 298 g/mol. The standard InChI is InChI=1S/C14H14N6O2/c1-15-14(22)18-12-8-20-13(17-12)6-5-11(19-20)16-9-3-2-4-10(21)7-9/h2-8,21H,1H3,(H,16,19)(H2,15,18,22). The first-order chi connectivity index (χ1) is 10.6. The first-order valence-electron chi connectivity index (χ1n) is 6.55. The molecule has 0 fully saturated rings. The Labute approximate surface area is 125 Å². The van der Waals surface area contributed by atoms with Crippen molar-refractivity contribution in [1.29, 1.82) is 0 Å². The van der Waals surface area contributed by atoms with Crippen molar-refractivity contribution in [3.05, 3.63) is 42.6 Å². The molecule has 2 heterocycles. The van der Waals surface area contributed by atoms with E-state index in [1.165, 1.54) is 7.05 Å². The fourth-order valence-electron chi connectivity index (χ4n) is 1.92. The van der Waals surface area contributed by atoms with E-state index in [1.807, 2.05) is 6.07 Å². The second-order valence-electron chi connectivity index (χ2n) is 4.53. The highest BCUT2D eigenvalue weighted by Crippen LogP contribution is 2.19. The van der Waals surface area contributed by atoms with Crippen LogP contribution in [-0.4, -0.2) is 32.8 Å². The summed E-state index contributed by atoms with van der Waals surface area (Å²) in [6.07, 6.45) is 1.61. The highest BCUT2D eigenvalue weighted by Gasteiger charge is 2.06. The van der Waals surface area contributed by atoms with Crippen molar-refractivity contribution >= 4 is 29.0 Å². The Morgan fingerprint density at radius 2 is 2.09 bits per heavy atom.